The molecule has 0 radical (unpaired) electrons. The molecule has 0 amide bonds. The van der Waals surface area contributed by atoms with Gasteiger partial charge in [0.1, 0.15) is 5.69 Å². The van der Waals surface area contributed by atoms with Gasteiger partial charge in [0.25, 0.3) is 5.78 Å². The molecule has 0 fully saturated rings. The summed E-state index contributed by atoms with van der Waals surface area (Å²) in [7, 11) is 0. The van der Waals surface area contributed by atoms with Gasteiger partial charge in [0.15, 0.2) is 5.69 Å². The summed E-state index contributed by atoms with van der Waals surface area (Å²) >= 11 is 0. The summed E-state index contributed by atoms with van der Waals surface area (Å²) in [4.78, 5) is 22.9. The third kappa shape index (κ3) is 1.67. The van der Waals surface area contributed by atoms with Crippen molar-refractivity contribution in [2.75, 3.05) is 0 Å². The van der Waals surface area contributed by atoms with Gasteiger partial charge in [0.2, 0.25) is 5.82 Å². The summed E-state index contributed by atoms with van der Waals surface area (Å²) in [5.74, 6) is -0.457. The standard InChI is InChI=1S/C11H7N5O2/c17-10(18)8-4-6-16-11(13-8)14-9(15-16)7-3-1-2-5-12-7/h1-6H,(H,17,18). The molecule has 88 valence electrons. The number of hydrogen-bond acceptors (Lipinski definition) is 5. The Hall–Kier alpha value is -2.83. The smallest absolute Gasteiger partial charge is 0.354 e. The van der Waals surface area contributed by atoms with Crippen LogP contribution in [0.4, 0.5) is 0 Å². The van der Waals surface area contributed by atoms with Gasteiger partial charge < -0.3 is 5.11 Å². The Morgan fingerprint density at radius 1 is 1.22 bits per heavy atom. The summed E-state index contributed by atoms with van der Waals surface area (Å²) in [6.45, 7) is 0. The van der Waals surface area contributed by atoms with Crippen LogP contribution in [0.15, 0.2) is 36.7 Å². The van der Waals surface area contributed by atoms with Gasteiger partial charge in [0.05, 0.1) is 0 Å². The molecular formula is C11H7N5O2. The summed E-state index contributed by atoms with van der Waals surface area (Å²) in [6, 6.07) is 6.75. The van der Waals surface area contributed by atoms with Crippen molar-refractivity contribution >= 4 is 11.7 Å². The van der Waals surface area contributed by atoms with E-state index in [0.29, 0.717) is 11.5 Å². The molecular weight excluding hydrogens is 234 g/mol. The Kier molecular flexibility index (Phi) is 2.23. The highest BCUT2D eigenvalue weighted by Crippen LogP contribution is 2.11. The minimum atomic E-state index is -1.10. The minimum absolute atomic E-state index is 0.0672. The number of carboxylic acids is 1. The molecule has 3 heterocycles. The summed E-state index contributed by atoms with van der Waals surface area (Å²) in [5, 5.41) is 13.0. The molecule has 1 N–H and O–H groups in total. The number of carbonyl (C=O) groups is 1. The first-order chi connectivity index (χ1) is 8.74. The van der Waals surface area contributed by atoms with E-state index >= 15 is 0 Å². The molecule has 18 heavy (non-hydrogen) atoms. The van der Waals surface area contributed by atoms with E-state index in [4.69, 9.17) is 5.11 Å². The van der Waals surface area contributed by atoms with Gasteiger partial charge in [-0.2, -0.15) is 4.98 Å². The largest absolute Gasteiger partial charge is 0.477 e. The van der Waals surface area contributed by atoms with Crippen LogP contribution in [0.2, 0.25) is 0 Å². The maximum absolute atomic E-state index is 10.8. The van der Waals surface area contributed by atoms with Gasteiger partial charge in [-0.05, 0) is 18.2 Å². The average molecular weight is 241 g/mol. The molecule has 7 heteroatoms. The van der Waals surface area contributed by atoms with Crippen LogP contribution < -0.4 is 0 Å². The average Bonchev–Trinajstić information content (AvgIpc) is 2.82. The van der Waals surface area contributed by atoms with Gasteiger partial charge in [-0.3, -0.25) is 4.98 Å². The van der Waals surface area contributed by atoms with Crippen molar-refractivity contribution in [3.63, 3.8) is 0 Å². The number of pyridine rings is 1. The Morgan fingerprint density at radius 2 is 2.11 bits per heavy atom. The van der Waals surface area contributed by atoms with Crippen molar-refractivity contribution in [1.29, 1.82) is 0 Å². The minimum Gasteiger partial charge on any atom is -0.477 e. The fourth-order valence-electron chi connectivity index (χ4n) is 1.50. The van der Waals surface area contributed by atoms with Crippen LogP contribution in [0, 0.1) is 0 Å². The summed E-state index contributed by atoms with van der Waals surface area (Å²) in [5.41, 5.74) is 0.544. The van der Waals surface area contributed by atoms with Crippen LogP contribution in [0.5, 0.6) is 0 Å². The number of fused-ring (bicyclic) bond motifs is 1. The Balaban J connectivity index is 2.14. The first kappa shape index (κ1) is 10.3. The van der Waals surface area contributed by atoms with Gasteiger partial charge in [-0.15, -0.1) is 5.10 Å². The highest BCUT2D eigenvalue weighted by atomic mass is 16.4. The highest BCUT2D eigenvalue weighted by Gasteiger charge is 2.11. The quantitative estimate of drug-likeness (QED) is 0.716. The van der Waals surface area contributed by atoms with E-state index in [1.807, 2.05) is 6.07 Å². The van der Waals surface area contributed by atoms with Crippen LogP contribution in [-0.4, -0.2) is 35.6 Å². The SMILES string of the molecule is O=C(O)c1ccn2nc(-c3ccccn3)nc2n1. The van der Waals surface area contributed by atoms with Crippen LogP contribution in [0.3, 0.4) is 0 Å². The van der Waals surface area contributed by atoms with E-state index in [0.717, 1.165) is 0 Å². The molecule has 0 aliphatic heterocycles. The van der Waals surface area contributed by atoms with Crippen molar-refractivity contribution in [2.24, 2.45) is 0 Å². The summed E-state index contributed by atoms with van der Waals surface area (Å²) in [6.07, 6.45) is 3.14. The highest BCUT2D eigenvalue weighted by molar-refractivity contribution is 5.85. The molecule has 3 aromatic heterocycles. The topological polar surface area (TPSA) is 93.3 Å². The molecule has 3 aromatic rings. The zero-order valence-corrected chi connectivity index (χ0v) is 9.06. The zero-order chi connectivity index (χ0) is 12.5. The second kappa shape index (κ2) is 3.88. The molecule has 7 nitrogen and oxygen atoms in total. The lowest BCUT2D eigenvalue weighted by atomic mass is 10.3. The molecule has 0 spiro atoms. The monoisotopic (exact) mass is 241 g/mol. The fourth-order valence-corrected chi connectivity index (χ4v) is 1.50. The molecule has 0 atom stereocenters. The second-order valence-electron chi connectivity index (χ2n) is 3.51. The Morgan fingerprint density at radius 3 is 2.83 bits per heavy atom. The van der Waals surface area contributed by atoms with E-state index in [-0.39, 0.29) is 11.5 Å². The molecule has 0 aliphatic carbocycles. The van der Waals surface area contributed by atoms with E-state index in [1.165, 1.54) is 16.8 Å². The summed E-state index contributed by atoms with van der Waals surface area (Å²) < 4.78 is 1.41. The Labute approximate surface area is 101 Å². The number of aromatic carboxylic acids is 1. The number of nitrogens with zero attached hydrogens (tertiary/aromatic N) is 5. The van der Waals surface area contributed by atoms with E-state index in [2.05, 4.69) is 20.1 Å². The molecule has 0 saturated carbocycles. The predicted molar refractivity (Wildman–Crippen MR) is 61.0 cm³/mol. The predicted octanol–water partition coefficient (Wildman–Crippen LogP) is 0.884. The number of rotatable bonds is 2. The second-order valence-corrected chi connectivity index (χ2v) is 3.51. The van der Waals surface area contributed by atoms with Crippen molar-refractivity contribution in [3.05, 3.63) is 42.4 Å². The molecule has 0 aromatic carbocycles. The van der Waals surface area contributed by atoms with Gasteiger partial charge in [-0.25, -0.2) is 14.3 Å². The molecule has 0 saturated heterocycles. The lowest BCUT2D eigenvalue weighted by molar-refractivity contribution is 0.0690. The first-order valence-corrected chi connectivity index (χ1v) is 5.12. The van der Waals surface area contributed by atoms with Crippen molar-refractivity contribution < 1.29 is 9.90 Å². The van der Waals surface area contributed by atoms with E-state index in [1.54, 1.807) is 18.3 Å². The lowest BCUT2D eigenvalue weighted by Crippen LogP contribution is -2.02. The van der Waals surface area contributed by atoms with Crippen molar-refractivity contribution in [1.82, 2.24) is 24.6 Å². The third-order valence-electron chi connectivity index (χ3n) is 2.32. The fraction of sp³-hybridized carbons (Fsp3) is 0. The van der Waals surface area contributed by atoms with E-state index < -0.39 is 5.97 Å². The molecule has 0 bridgehead atoms. The maximum atomic E-state index is 10.8. The van der Waals surface area contributed by atoms with Crippen LogP contribution in [0.1, 0.15) is 10.5 Å². The lowest BCUT2D eigenvalue weighted by Gasteiger charge is -1.92. The Bertz CT molecular complexity index is 723. The zero-order valence-electron chi connectivity index (χ0n) is 9.06. The van der Waals surface area contributed by atoms with Crippen LogP contribution >= 0.6 is 0 Å². The molecule has 3 rings (SSSR count). The third-order valence-corrected chi connectivity index (χ3v) is 2.32. The van der Waals surface area contributed by atoms with Gasteiger partial charge in [-0.1, -0.05) is 6.07 Å². The van der Waals surface area contributed by atoms with Gasteiger partial charge in [0, 0.05) is 12.4 Å². The van der Waals surface area contributed by atoms with Gasteiger partial charge >= 0.3 is 5.97 Å². The number of aromatic nitrogens is 5. The normalized spacial score (nSPS) is 10.7. The van der Waals surface area contributed by atoms with Crippen LogP contribution in [0.25, 0.3) is 17.3 Å². The number of hydrogen-bond donors (Lipinski definition) is 1. The number of carboxylic acid groups (broad SMARTS) is 1. The molecule has 0 unspecified atom stereocenters. The molecule has 0 aliphatic rings. The maximum Gasteiger partial charge on any atom is 0.354 e. The van der Waals surface area contributed by atoms with Crippen molar-refractivity contribution in [3.8, 4) is 11.5 Å². The van der Waals surface area contributed by atoms with Crippen molar-refractivity contribution in [2.45, 2.75) is 0 Å². The van der Waals surface area contributed by atoms with E-state index in [9.17, 15) is 4.79 Å². The van der Waals surface area contributed by atoms with Crippen LogP contribution in [-0.2, 0) is 0 Å². The first-order valence-electron chi connectivity index (χ1n) is 5.12.